The number of hydrogen-bond donors (Lipinski definition) is 0. The van der Waals surface area contributed by atoms with E-state index in [9.17, 15) is 14.4 Å². The fourth-order valence-electron chi connectivity index (χ4n) is 3.15. The van der Waals surface area contributed by atoms with Crippen LogP contribution in [0.3, 0.4) is 0 Å². The smallest absolute Gasteiger partial charge is 0.280 e. The first-order valence-corrected chi connectivity index (χ1v) is 8.58. The molecule has 0 aromatic carbocycles. The Labute approximate surface area is 151 Å². The quantitative estimate of drug-likeness (QED) is 0.794. The second-order valence-corrected chi connectivity index (χ2v) is 7.69. The van der Waals surface area contributed by atoms with Crippen molar-refractivity contribution >= 4 is 17.3 Å². The average molecular weight is 360 g/mol. The highest BCUT2D eigenvalue weighted by Crippen LogP contribution is 2.26. The number of Topliss-reactive ketones (excluding diaryl/α,β-unsaturated/α-hetero) is 1. The van der Waals surface area contributed by atoms with Crippen LogP contribution in [0.5, 0.6) is 0 Å². The summed E-state index contributed by atoms with van der Waals surface area (Å²) >= 11 is 0. The molecule has 0 N–H and O–H groups in total. The Morgan fingerprint density at radius 3 is 2.58 bits per heavy atom. The third-order valence-electron chi connectivity index (χ3n) is 4.53. The zero-order valence-corrected chi connectivity index (χ0v) is 15.8. The lowest BCUT2D eigenvalue weighted by molar-refractivity contribution is -0.117. The lowest BCUT2D eigenvalue weighted by Gasteiger charge is -2.15. The van der Waals surface area contributed by atoms with Crippen molar-refractivity contribution in [3.63, 3.8) is 0 Å². The summed E-state index contributed by atoms with van der Waals surface area (Å²) in [4.78, 5) is 39.2. The van der Waals surface area contributed by atoms with E-state index in [0.717, 1.165) is 5.69 Å². The molecule has 0 atom stereocenters. The first-order valence-electron chi connectivity index (χ1n) is 8.58. The molecule has 0 aliphatic carbocycles. The van der Waals surface area contributed by atoms with Gasteiger partial charge < -0.3 is 14.2 Å². The fraction of sp³-hybridized carbons (Fsp3) is 0.556. The van der Waals surface area contributed by atoms with Crippen molar-refractivity contribution in [3.05, 3.63) is 33.4 Å². The third kappa shape index (κ3) is 2.94. The van der Waals surface area contributed by atoms with Crippen LogP contribution in [0.25, 0.3) is 5.65 Å². The van der Waals surface area contributed by atoms with Crippen molar-refractivity contribution in [2.45, 2.75) is 46.2 Å². The minimum atomic E-state index is -0.307. The van der Waals surface area contributed by atoms with Crippen molar-refractivity contribution in [2.75, 3.05) is 20.3 Å². The molecule has 8 heteroatoms. The number of carbonyl (C=O) groups is 2. The van der Waals surface area contributed by atoms with Crippen molar-refractivity contribution in [3.8, 4) is 0 Å². The predicted octanol–water partition coefficient (Wildman–Crippen LogP) is 0.985. The monoisotopic (exact) mass is 360 g/mol. The minimum absolute atomic E-state index is 0.0191. The summed E-state index contributed by atoms with van der Waals surface area (Å²) in [6.45, 7) is 8.45. The van der Waals surface area contributed by atoms with Gasteiger partial charge in [0.1, 0.15) is 17.1 Å². The second kappa shape index (κ2) is 6.35. The molecule has 0 unspecified atom stereocenters. The van der Waals surface area contributed by atoms with Gasteiger partial charge in [0, 0.05) is 25.1 Å². The topological polar surface area (TPSA) is 85.9 Å². The van der Waals surface area contributed by atoms with Gasteiger partial charge in [-0.05, 0) is 6.92 Å². The van der Waals surface area contributed by atoms with Crippen LogP contribution in [0.1, 0.15) is 49.4 Å². The first kappa shape index (κ1) is 18.3. The highest BCUT2D eigenvalue weighted by atomic mass is 16.5. The van der Waals surface area contributed by atoms with E-state index in [0.29, 0.717) is 24.4 Å². The lowest BCUT2D eigenvalue weighted by atomic mass is 9.92. The Morgan fingerprint density at radius 1 is 1.31 bits per heavy atom. The number of amides is 1. The molecule has 1 aliphatic rings. The molecular formula is C18H24N4O4. The number of ketones is 1. The summed E-state index contributed by atoms with van der Waals surface area (Å²) in [7, 11) is 1.56. The van der Waals surface area contributed by atoms with Gasteiger partial charge >= 0.3 is 0 Å². The molecule has 2 aromatic heterocycles. The van der Waals surface area contributed by atoms with Gasteiger partial charge in [-0.3, -0.25) is 14.4 Å². The van der Waals surface area contributed by atoms with E-state index in [2.05, 4.69) is 5.10 Å². The van der Waals surface area contributed by atoms with E-state index < -0.39 is 0 Å². The van der Waals surface area contributed by atoms with Crippen LogP contribution in [-0.4, -0.2) is 51.0 Å². The molecule has 0 saturated carbocycles. The van der Waals surface area contributed by atoms with Gasteiger partial charge in [-0.15, -0.1) is 0 Å². The number of methoxy groups -OCH3 is 1. The molecule has 8 nitrogen and oxygen atoms in total. The second-order valence-electron chi connectivity index (χ2n) is 7.69. The number of fused-ring (bicyclic) bond motifs is 2. The maximum atomic E-state index is 13.0. The van der Waals surface area contributed by atoms with Gasteiger partial charge in [0.15, 0.2) is 0 Å². The molecule has 0 fully saturated rings. The Morgan fingerprint density at radius 2 is 2.00 bits per heavy atom. The highest BCUT2D eigenvalue weighted by Gasteiger charge is 2.35. The Balaban J connectivity index is 2.25. The maximum absolute atomic E-state index is 13.0. The van der Waals surface area contributed by atoms with Crippen LogP contribution >= 0.6 is 0 Å². The molecule has 0 radical (unpaired) electrons. The minimum Gasteiger partial charge on any atom is -0.383 e. The molecule has 2 aromatic rings. The van der Waals surface area contributed by atoms with Gasteiger partial charge in [0.2, 0.25) is 0 Å². The van der Waals surface area contributed by atoms with E-state index in [1.165, 1.54) is 11.4 Å². The van der Waals surface area contributed by atoms with Gasteiger partial charge in [0.25, 0.3) is 11.5 Å². The maximum Gasteiger partial charge on any atom is 0.280 e. The Hall–Kier alpha value is -2.48. The van der Waals surface area contributed by atoms with Crippen LogP contribution in [0, 0.1) is 0 Å². The van der Waals surface area contributed by atoms with Crippen molar-refractivity contribution in [2.24, 2.45) is 0 Å². The molecule has 140 valence electrons. The van der Waals surface area contributed by atoms with Gasteiger partial charge in [-0.1, -0.05) is 20.8 Å². The first-order chi connectivity index (χ1) is 12.1. The normalized spacial score (nSPS) is 14.3. The van der Waals surface area contributed by atoms with E-state index >= 15 is 0 Å². The number of ether oxygens (including phenoxy) is 1. The SMILES string of the molecule is COCCN1Cc2c(n(CC(C)=O)c3cc(C(C)(C)C)nn3c2=O)C1=O. The average Bonchev–Trinajstić information content (AvgIpc) is 3.12. The molecule has 0 saturated heterocycles. The van der Waals surface area contributed by atoms with Crippen LogP contribution in [0.15, 0.2) is 10.9 Å². The van der Waals surface area contributed by atoms with E-state index in [1.807, 2.05) is 20.8 Å². The Bertz CT molecular complexity index is 949. The zero-order valence-electron chi connectivity index (χ0n) is 15.8. The number of aromatic nitrogens is 3. The van der Waals surface area contributed by atoms with Crippen molar-refractivity contribution in [1.29, 1.82) is 0 Å². The number of carbonyl (C=O) groups excluding carboxylic acids is 2. The molecule has 0 bridgehead atoms. The highest BCUT2D eigenvalue weighted by molar-refractivity contribution is 5.97. The van der Waals surface area contributed by atoms with Gasteiger partial charge in [-0.2, -0.15) is 9.61 Å². The van der Waals surface area contributed by atoms with Crippen LogP contribution in [0.2, 0.25) is 0 Å². The Kier molecular flexibility index (Phi) is 4.47. The zero-order chi connectivity index (χ0) is 19.2. The summed E-state index contributed by atoms with van der Waals surface area (Å²) in [5.74, 6) is -0.351. The summed E-state index contributed by atoms with van der Waals surface area (Å²) in [6.07, 6.45) is 0. The van der Waals surface area contributed by atoms with Crippen LogP contribution < -0.4 is 5.56 Å². The predicted molar refractivity (Wildman–Crippen MR) is 95.4 cm³/mol. The van der Waals surface area contributed by atoms with E-state index in [4.69, 9.17) is 4.74 Å². The van der Waals surface area contributed by atoms with E-state index in [-0.39, 0.29) is 41.4 Å². The summed E-state index contributed by atoms with van der Waals surface area (Å²) in [6, 6.07) is 1.79. The summed E-state index contributed by atoms with van der Waals surface area (Å²) < 4.78 is 7.98. The van der Waals surface area contributed by atoms with Crippen LogP contribution in [0.4, 0.5) is 0 Å². The molecular weight excluding hydrogens is 336 g/mol. The third-order valence-corrected chi connectivity index (χ3v) is 4.53. The molecule has 0 spiro atoms. The molecule has 1 aliphatic heterocycles. The molecule has 26 heavy (non-hydrogen) atoms. The number of rotatable bonds is 5. The summed E-state index contributed by atoms with van der Waals surface area (Å²) in [5, 5.41) is 4.46. The fourth-order valence-corrected chi connectivity index (χ4v) is 3.15. The molecule has 3 rings (SSSR count). The number of nitrogens with zero attached hydrogens (tertiary/aromatic N) is 4. The van der Waals surface area contributed by atoms with Crippen molar-refractivity contribution in [1.82, 2.24) is 19.1 Å². The standard InChI is InChI=1S/C18H24N4O4/c1-11(23)9-21-14-8-13(18(2,3)4)19-22(14)16(24)12-10-20(6-7-26-5)17(25)15(12)21/h8H,6-7,9-10H2,1-5H3. The van der Waals surface area contributed by atoms with Crippen LogP contribution in [-0.2, 0) is 28.0 Å². The van der Waals surface area contributed by atoms with E-state index in [1.54, 1.807) is 22.6 Å². The largest absolute Gasteiger partial charge is 0.383 e. The van der Waals surface area contributed by atoms with Gasteiger partial charge in [0.05, 0.1) is 31.0 Å². The molecule has 1 amide bonds. The van der Waals surface area contributed by atoms with Gasteiger partial charge in [-0.25, -0.2) is 0 Å². The lowest BCUT2D eigenvalue weighted by Crippen LogP contribution is -2.29. The molecule has 3 heterocycles. The number of hydrogen-bond acceptors (Lipinski definition) is 5. The summed E-state index contributed by atoms with van der Waals surface area (Å²) in [5.41, 5.74) is 1.30. The van der Waals surface area contributed by atoms with Crippen molar-refractivity contribution < 1.29 is 14.3 Å².